The smallest absolute Gasteiger partial charge is 0.375 e. The Bertz CT molecular complexity index is 307. The summed E-state index contributed by atoms with van der Waals surface area (Å²) in [5.74, 6) is 1.03. The third-order valence-electron chi connectivity index (χ3n) is 3.60. The lowest BCUT2D eigenvalue weighted by atomic mass is 9.87. The standard InChI is InChI=1S/C13H27O5P/c1-6-11(4)12-7-8-16-13(12)9-17-19(14,15-5)18-10(2)3/h10-13H,6-9H2,1-5H3. The summed E-state index contributed by atoms with van der Waals surface area (Å²) in [6.45, 7) is 8.97. The Morgan fingerprint density at radius 1 is 1.37 bits per heavy atom. The van der Waals surface area contributed by atoms with Crippen molar-refractivity contribution in [3.8, 4) is 0 Å². The van der Waals surface area contributed by atoms with Crippen molar-refractivity contribution in [2.45, 2.75) is 52.7 Å². The first-order chi connectivity index (χ1) is 8.91. The average Bonchev–Trinajstić information content (AvgIpc) is 2.83. The number of rotatable bonds is 8. The van der Waals surface area contributed by atoms with Crippen LogP contribution in [0, 0.1) is 11.8 Å². The zero-order chi connectivity index (χ0) is 14.5. The zero-order valence-electron chi connectivity index (χ0n) is 12.6. The number of phosphoric ester groups is 1. The highest BCUT2D eigenvalue weighted by molar-refractivity contribution is 7.48. The zero-order valence-corrected chi connectivity index (χ0v) is 13.5. The molecule has 114 valence electrons. The fourth-order valence-electron chi connectivity index (χ4n) is 2.34. The van der Waals surface area contributed by atoms with E-state index in [2.05, 4.69) is 13.8 Å². The van der Waals surface area contributed by atoms with Gasteiger partial charge in [-0.05, 0) is 32.1 Å². The van der Waals surface area contributed by atoms with Crippen LogP contribution in [0.15, 0.2) is 0 Å². The molecule has 1 aliphatic rings. The number of hydrogen-bond acceptors (Lipinski definition) is 5. The molecule has 1 fully saturated rings. The van der Waals surface area contributed by atoms with Crippen molar-refractivity contribution < 1.29 is 22.9 Å². The van der Waals surface area contributed by atoms with Crippen molar-refractivity contribution in [2.75, 3.05) is 20.3 Å². The summed E-state index contributed by atoms with van der Waals surface area (Å²) in [6.07, 6.45) is 1.91. The summed E-state index contributed by atoms with van der Waals surface area (Å²) >= 11 is 0. The van der Waals surface area contributed by atoms with E-state index in [1.165, 1.54) is 7.11 Å². The Kier molecular flexibility index (Phi) is 6.98. The van der Waals surface area contributed by atoms with Gasteiger partial charge in [0.15, 0.2) is 0 Å². The van der Waals surface area contributed by atoms with Crippen LogP contribution in [-0.4, -0.2) is 32.5 Å². The molecule has 0 bridgehead atoms. The molecule has 0 aliphatic carbocycles. The highest BCUT2D eigenvalue weighted by Gasteiger charge is 2.35. The topological polar surface area (TPSA) is 54.0 Å². The Morgan fingerprint density at radius 2 is 2.05 bits per heavy atom. The highest BCUT2D eigenvalue weighted by atomic mass is 31.2. The maximum absolute atomic E-state index is 12.2. The summed E-state index contributed by atoms with van der Waals surface area (Å²) in [5.41, 5.74) is 0. The quantitative estimate of drug-likeness (QED) is 0.640. The molecular formula is C13H27O5P. The molecule has 0 radical (unpaired) electrons. The van der Waals surface area contributed by atoms with Crippen molar-refractivity contribution in [3.05, 3.63) is 0 Å². The lowest BCUT2D eigenvalue weighted by Gasteiger charge is -2.25. The second-order valence-electron chi connectivity index (χ2n) is 5.33. The molecule has 0 amide bonds. The summed E-state index contributed by atoms with van der Waals surface area (Å²) in [7, 11) is -2.12. The van der Waals surface area contributed by atoms with Crippen LogP contribution in [-0.2, 0) is 22.9 Å². The molecular weight excluding hydrogens is 267 g/mol. The highest BCUT2D eigenvalue weighted by Crippen LogP contribution is 2.50. The van der Waals surface area contributed by atoms with Gasteiger partial charge in [-0.15, -0.1) is 0 Å². The first-order valence-corrected chi connectivity index (χ1v) is 8.48. The minimum absolute atomic E-state index is 0.0193. The maximum atomic E-state index is 12.2. The summed E-state index contributed by atoms with van der Waals surface area (Å²) in [6, 6.07) is 0. The fraction of sp³-hybridized carbons (Fsp3) is 1.00. The molecule has 4 unspecified atom stereocenters. The van der Waals surface area contributed by atoms with Crippen LogP contribution in [0.5, 0.6) is 0 Å². The van der Waals surface area contributed by atoms with E-state index in [1.54, 1.807) is 13.8 Å². The number of hydrogen-bond donors (Lipinski definition) is 0. The van der Waals surface area contributed by atoms with Gasteiger partial charge in [-0.3, -0.25) is 13.6 Å². The molecule has 1 rings (SSSR count). The van der Waals surface area contributed by atoms with E-state index in [-0.39, 0.29) is 18.8 Å². The third kappa shape index (κ3) is 5.16. The van der Waals surface area contributed by atoms with Crippen LogP contribution in [0.25, 0.3) is 0 Å². The van der Waals surface area contributed by atoms with Crippen molar-refractivity contribution in [3.63, 3.8) is 0 Å². The average molecular weight is 294 g/mol. The van der Waals surface area contributed by atoms with Crippen LogP contribution >= 0.6 is 7.82 Å². The first-order valence-electron chi connectivity index (χ1n) is 7.02. The van der Waals surface area contributed by atoms with E-state index in [9.17, 15) is 4.57 Å². The summed E-state index contributed by atoms with van der Waals surface area (Å²) < 4.78 is 33.3. The Labute approximate surface area is 116 Å². The molecule has 4 atom stereocenters. The monoisotopic (exact) mass is 294 g/mol. The van der Waals surface area contributed by atoms with E-state index in [0.29, 0.717) is 11.8 Å². The largest absolute Gasteiger partial charge is 0.474 e. The molecule has 5 nitrogen and oxygen atoms in total. The normalized spacial score (nSPS) is 28.5. The molecule has 1 aliphatic heterocycles. The van der Waals surface area contributed by atoms with Crippen LogP contribution in [0.3, 0.4) is 0 Å². The molecule has 6 heteroatoms. The SMILES string of the molecule is CCC(C)C1CCOC1COP(=O)(OC)OC(C)C. The van der Waals surface area contributed by atoms with Gasteiger partial charge < -0.3 is 4.74 Å². The fourth-order valence-corrected chi connectivity index (χ4v) is 3.44. The van der Waals surface area contributed by atoms with Gasteiger partial charge in [-0.25, -0.2) is 4.57 Å². The molecule has 1 saturated heterocycles. The molecule has 0 saturated carbocycles. The van der Waals surface area contributed by atoms with Crippen LogP contribution < -0.4 is 0 Å². The van der Waals surface area contributed by atoms with Gasteiger partial charge in [0.05, 0.1) is 18.8 Å². The van der Waals surface area contributed by atoms with Gasteiger partial charge in [-0.1, -0.05) is 20.3 Å². The summed E-state index contributed by atoms with van der Waals surface area (Å²) in [5, 5.41) is 0. The number of phosphoric acid groups is 1. The van der Waals surface area contributed by atoms with Gasteiger partial charge in [0.1, 0.15) is 0 Å². The van der Waals surface area contributed by atoms with Crippen molar-refractivity contribution in [1.29, 1.82) is 0 Å². The minimum Gasteiger partial charge on any atom is -0.375 e. The predicted molar refractivity (Wildman–Crippen MR) is 74.1 cm³/mol. The van der Waals surface area contributed by atoms with Gasteiger partial charge in [0, 0.05) is 13.7 Å². The third-order valence-corrected chi connectivity index (χ3v) is 5.19. The van der Waals surface area contributed by atoms with Gasteiger partial charge in [0.25, 0.3) is 0 Å². The molecule has 0 spiro atoms. The van der Waals surface area contributed by atoms with Crippen LogP contribution in [0.1, 0.15) is 40.5 Å². The maximum Gasteiger partial charge on any atom is 0.474 e. The Hall–Kier alpha value is 0.0700. The lowest BCUT2D eigenvalue weighted by molar-refractivity contribution is 0.0152. The molecule has 0 aromatic heterocycles. The molecule has 0 aromatic rings. The lowest BCUT2D eigenvalue weighted by Crippen LogP contribution is -2.27. The predicted octanol–water partition coefficient (Wildman–Crippen LogP) is 3.63. The van der Waals surface area contributed by atoms with E-state index in [1.807, 2.05) is 0 Å². The Morgan fingerprint density at radius 3 is 2.58 bits per heavy atom. The van der Waals surface area contributed by atoms with E-state index >= 15 is 0 Å². The first kappa shape index (κ1) is 17.1. The second-order valence-corrected chi connectivity index (χ2v) is 7.06. The van der Waals surface area contributed by atoms with E-state index in [0.717, 1.165) is 19.4 Å². The van der Waals surface area contributed by atoms with Crippen molar-refractivity contribution in [1.82, 2.24) is 0 Å². The van der Waals surface area contributed by atoms with Crippen LogP contribution in [0.2, 0.25) is 0 Å². The minimum atomic E-state index is -3.45. The summed E-state index contributed by atoms with van der Waals surface area (Å²) in [4.78, 5) is 0. The van der Waals surface area contributed by atoms with Gasteiger partial charge in [-0.2, -0.15) is 0 Å². The van der Waals surface area contributed by atoms with Crippen LogP contribution in [0.4, 0.5) is 0 Å². The molecule has 19 heavy (non-hydrogen) atoms. The molecule has 0 N–H and O–H groups in total. The van der Waals surface area contributed by atoms with Crippen molar-refractivity contribution >= 4 is 7.82 Å². The van der Waals surface area contributed by atoms with Crippen molar-refractivity contribution in [2.24, 2.45) is 11.8 Å². The number of ether oxygens (including phenoxy) is 1. The van der Waals surface area contributed by atoms with E-state index in [4.69, 9.17) is 18.3 Å². The molecule has 0 aromatic carbocycles. The molecule has 1 heterocycles. The second kappa shape index (κ2) is 7.75. The van der Waals surface area contributed by atoms with Gasteiger partial charge >= 0.3 is 7.82 Å². The Balaban J connectivity index is 2.52. The van der Waals surface area contributed by atoms with Gasteiger partial charge in [0.2, 0.25) is 0 Å². The van der Waals surface area contributed by atoms with E-state index < -0.39 is 7.82 Å².